The minimum absolute atomic E-state index is 0.169. The Kier molecular flexibility index (Phi) is 8.00. The first kappa shape index (κ1) is 20.0. The third kappa shape index (κ3) is 6.49. The zero-order valence-corrected chi connectivity index (χ0v) is 16.4. The van der Waals surface area contributed by atoms with Gasteiger partial charge in [-0.1, -0.05) is 24.6 Å². The summed E-state index contributed by atoms with van der Waals surface area (Å²) in [6.07, 6.45) is 2.05. The molecule has 1 fully saturated rings. The molecule has 6 heteroatoms. The summed E-state index contributed by atoms with van der Waals surface area (Å²) < 4.78 is 5.63. The lowest BCUT2D eigenvalue weighted by atomic mass is 10.2. The van der Waals surface area contributed by atoms with E-state index in [0.29, 0.717) is 18.2 Å². The summed E-state index contributed by atoms with van der Waals surface area (Å²) in [5, 5.41) is 0.680. The molecule has 0 saturated carbocycles. The van der Waals surface area contributed by atoms with Crippen molar-refractivity contribution in [2.75, 3.05) is 53.4 Å². The Morgan fingerprint density at radius 2 is 1.92 bits per heavy atom. The van der Waals surface area contributed by atoms with Crippen molar-refractivity contribution in [2.24, 2.45) is 0 Å². The Morgan fingerprint density at radius 1 is 1.20 bits per heavy atom. The van der Waals surface area contributed by atoms with Gasteiger partial charge in [-0.3, -0.25) is 14.6 Å². The maximum Gasteiger partial charge on any atom is 0.236 e. The molecular formula is C19H30ClN3O2. The quantitative estimate of drug-likeness (QED) is 0.742. The van der Waals surface area contributed by atoms with E-state index in [1.165, 1.54) is 5.56 Å². The Bertz CT molecular complexity index is 566. The van der Waals surface area contributed by atoms with Crippen LogP contribution in [-0.4, -0.2) is 74.0 Å². The number of halogens is 1. The van der Waals surface area contributed by atoms with Crippen LogP contribution in [0, 0.1) is 0 Å². The van der Waals surface area contributed by atoms with Crippen molar-refractivity contribution in [2.45, 2.75) is 26.3 Å². The number of benzene rings is 1. The molecule has 2 rings (SSSR count). The number of hydrogen-bond donors (Lipinski definition) is 0. The van der Waals surface area contributed by atoms with Crippen molar-refractivity contribution >= 4 is 17.5 Å². The molecule has 5 nitrogen and oxygen atoms in total. The Hall–Kier alpha value is -1.30. The van der Waals surface area contributed by atoms with Crippen molar-refractivity contribution < 1.29 is 9.53 Å². The highest BCUT2D eigenvalue weighted by Gasteiger charge is 2.18. The van der Waals surface area contributed by atoms with Crippen molar-refractivity contribution in [3.63, 3.8) is 0 Å². The highest BCUT2D eigenvalue weighted by molar-refractivity contribution is 6.32. The molecule has 140 valence electrons. The first-order valence-electron chi connectivity index (χ1n) is 9.05. The SMILES string of the molecule is CCCOc1ccc(CN2CCCN(CC(=O)N(C)C)CC2)cc1Cl. The Balaban J connectivity index is 1.87. The van der Waals surface area contributed by atoms with Gasteiger partial charge < -0.3 is 9.64 Å². The molecule has 1 saturated heterocycles. The minimum Gasteiger partial charge on any atom is -0.492 e. The Morgan fingerprint density at radius 3 is 2.60 bits per heavy atom. The smallest absolute Gasteiger partial charge is 0.236 e. The van der Waals surface area contributed by atoms with E-state index in [9.17, 15) is 4.79 Å². The van der Waals surface area contributed by atoms with Crippen molar-refractivity contribution in [3.05, 3.63) is 28.8 Å². The van der Waals surface area contributed by atoms with E-state index in [1.807, 2.05) is 26.2 Å². The minimum atomic E-state index is 0.169. The molecule has 1 amide bonds. The molecule has 0 aromatic heterocycles. The van der Waals surface area contributed by atoms with E-state index in [0.717, 1.165) is 51.3 Å². The molecule has 0 spiro atoms. The van der Waals surface area contributed by atoms with Gasteiger partial charge in [0.05, 0.1) is 18.2 Å². The molecule has 25 heavy (non-hydrogen) atoms. The van der Waals surface area contributed by atoms with Crippen LogP contribution in [0.4, 0.5) is 0 Å². The van der Waals surface area contributed by atoms with Crippen molar-refractivity contribution in [1.82, 2.24) is 14.7 Å². The molecule has 1 aromatic carbocycles. The van der Waals surface area contributed by atoms with E-state index in [1.54, 1.807) is 4.90 Å². The lowest BCUT2D eigenvalue weighted by Gasteiger charge is -2.22. The summed E-state index contributed by atoms with van der Waals surface area (Å²) in [6, 6.07) is 6.06. The second-order valence-corrected chi connectivity index (χ2v) is 7.21. The van der Waals surface area contributed by atoms with Crippen LogP contribution >= 0.6 is 11.6 Å². The van der Waals surface area contributed by atoms with Gasteiger partial charge in [0.15, 0.2) is 0 Å². The lowest BCUT2D eigenvalue weighted by molar-refractivity contribution is -0.129. The van der Waals surface area contributed by atoms with Crippen LogP contribution in [0.3, 0.4) is 0 Å². The number of nitrogens with zero attached hydrogens (tertiary/aromatic N) is 3. The molecule has 1 aliphatic rings. The van der Waals surface area contributed by atoms with Gasteiger partial charge in [-0.05, 0) is 43.6 Å². The number of ether oxygens (including phenoxy) is 1. The summed E-state index contributed by atoms with van der Waals surface area (Å²) in [5.74, 6) is 0.930. The van der Waals surface area contributed by atoms with Gasteiger partial charge in [0, 0.05) is 33.7 Å². The van der Waals surface area contributed by atoms with Gasteiger partial charge in [-0.15, -0.1) is 0 Å². The van der Waals surface area contributed by atoms with Crippen LogP contribution in [0.5, 0.6) is 5.75 Å². The first-order chi connectivity index (χ1) is 12.0. The standard InChI is InChI=1S/C19H30ClN3O2/c1-4-12-25-18-7-6-16(13-17(18)20)14-22-8-5-9-23(11-10-22)15-19(24)21(2)3/h6-7,13H,4-5,8-12,14-15H2,1-3H3. The fourth-order valence-corrected chi connectivity index (χ4v) is 3.16. The van der Waals surface area contributed by atoms with Crippen LogP contribution in [0.2, 0.25) is 5.02 Å². The third-order valence-corrected chi connectivity index (χ3v) is 4.70. The predicted molar refractivity (Wildman–Crippen MR) is 102 cm³/mol. The van der Waals surface area contributed by atoms with E-state index < -0.39 is 0 Å². The molecule has 1 aromatic rings. The van der Waals surface area contributed by atoms with Gasteiger partial charge in [-0.25, -0.2) is 0 Å². The van der Waals surface area contributed by atoms with Crippen LogP contribution in [0.15, 0.2) is 18.2 Å². The summed E-state index contributed by atoms with van der Waals surface area (Å²) in [6.45, 7) is 8.06. The lowest BCUT2D eigenvalue weighted by Crippen LogP contribution is -2.38. The highest BCUT2D eigenvalue weighted by atomic mass is 35.5. The molecule has 0 aliphatic carbocycles. The van der Waals surface area contributed by atoms with Gasteiger partial charge in [0.1, 0.15) is 5.75 Å². The van der Waals surface area contributed by atoms with Gasteiger partial charge in [0.25, 0.3) is 0 Å². The molecule has 0 bridgehead atoms. The molecule has 0 N–H and O–H groups in total. The first-order valence-corrected chi connectivity index (χ1v) is 9.43. The maximum absolute atomic E-state index is 11.9. The Labute approximate surface area is 156 Å². The van der Waals surface area contributed by atoms with E-state index >= 15 is 0 Å². The van der Waals surface area contributed by atoms with E-state index in [-0.39, 0.29) is 5.91 Å². The van der Waals surface area contributed by atoms with Crippen molar-refractivity contribution in [3.8, 4) is 5.75 Å². The molecule has 1 heterocycles. The van der Waals surface area contributed by atoms with E-state index in [2.05, 4.69) is 22.8 Å². The number of carbonyl (C=O) groups is 1. The van der Waals surface area contributed by atoms with Gasteiger partial charge in [0.2, 0.25) is 5.91 Å². The molecule has 0 atom stereocenters. The summed E-state index contributed by atoms with van der Waals surface area (Å²) in [5.41, 5.74) is 1.20. The fourth-order valence-electron chi connectivity index (χ4n) is 2.90. The second kappa shape index (κ2) is 10.00. The summed E-state index contributed by atoms with van der Waals surface area (Å²) in [7, 11) is 3.62. The molecular weight excluding hydrogens is 338 g/mol. The normalized spacial score (nSPS) is 16.5. The number of amides is 1. The number of rotatable bonds is 7. The third-order valence-electron chi connectivity index (χ3n) is 4.40. The van der Waals surface area contributed by atoms with Gasteiger partial charge in [-0.2, -0.15) is 0 Å². The summed E-state index contributed by atoms with van der Waals surface area (Å²) >= 11 is 6.33. The molecule has 1 aliphatic heterocycles. The number of likely N-dealkylation sites (N-methyl/N-ethyl adjacent to an activating group) is 1. The number of hydrogen-bond acceptors (Lipinski definition) is 4. The van der Waals surface area contributed by atoms with Crippen LogP contribution in [0.25, 0.3) is 0 Å². The zero-order valence-electron chi connectivity index (χ0n) is 15.6. The monoisotopic (exact) mass is 367 g/mol. The highest BCUT2D eigenvalue weighted by Crippen LogP contribution is 2.26. The number of carbonyl (C=O) groups excluding carboxylic acids is 1. The van der Waals surface area contributed by atoms with E-state index in [4.69, 9.17) is 16.3 Å². The van der Waals surface area contributed by atoms with Crippen LogP contribution in [0.1, 0.15) is 25.3 Å². The van der Waals surface area contributed by atoms with Crippen molar-refractivity contribution in [1.29, 1.82) is 0 Å². The van der Waals surface area contributed by atoms with Crippen LogP contribution in [-0.2, 0) is 11.3 Å². The topological polar surface area (TPSA) is 36.0 Å². The maximum atomic E-state index is 11.9. The van der Waals surface area contributed by atoms with Crippen LogP contribution < -0.4 is 4.74 Å². The summed E-state index contributed by atoms with van der Waals surface area (Å²) in [4.78, 5) is 18.2. The predicted octanol–water partition coefficient (Wildman–Crippen LogP) is 2.72. The molecule has 0 unspecified atom stereocenters. The average molecular weight is 368 g/mol. The van der Waals surface area contributed by atoms with Gasteiger partial charge >= 0.3 is 0 Å². The average Bonchev–Trinajstić information content (AvgIpc) is 2.79. The zero-order chi connectivity index (χ0) is 18.2. The second-order valence-electron chi connectivity index (χ2n) is 6.81. The molecule has 0 radical (unpaired) electrons. The fraction of sp³-hybridized carbons (Fsp3) is 0.632. The largest absolute Gasteiger partial charge is 0.492 e.